The Morgan fingerprint density at radius 1 is 1.50 bits per heavy atom. The second-order valence-electron chi connectivity index (χ2n) is 4.31. The van der Waals surface area contributed by atoms with Gasteiger partial charge in [-0.15, -0.1) is 0 Å². The van der Waals surface area contributed by atoms with E-state index in [1.807, 2.05) is 24.3 Å². The lowest BCUT2D eigenvalue weighted by atomic mass is 9.96. The summed E-state index contributed by atoms with van der Waals surface area (Å²) in [7, 11) is 0. The zero-order valence-electron chi connectivity index (χ0n) is 10.1. The van der Waals surface area contributed by atoms with Crippen LogP contribution < -0.4 is 11.1 Å². The van der Waals surface area contributed by atoms with Crippen LogP contribution in [0.1, 0.15) is 13.3 Å². The highest BCUT2D eigenvalue weighted by molar-refractivity contribution is 5.90. The smallest absolute Gasteiger partial charge is 0.240 e. The molecule has 1 aliphatic heterocycles. The molecule has 0 saturated heterocycles. The van der Waals surface area contributed by atoms with Gasteiger partial charge in [-0.05, 0) is 11.1 Å². The van der Waals surface area contributed by atoms with Crippen molar-refractivity contribution in [2.45, 2.75) is 25.4 Å². The Bertz CT molecular complexity index is 500. The van der Waals surface area contributed by atoms with E-state index in [2.05, 4.69) is 10.3 Å². The minimum absolute atomic E-state index is 0.0378. The fourth-order valence-corrected chi connectivity index (χ4v) is 2.06. The van der Waals surface area contributed by atoms with Crippen molar-refractivity contribution in [2.24, 2.45) is 10.7 Å². The number of carbonyl (C=O) groups excluding carboxylic acids is 2. The van der Waals surface area contributed by atoms with Crippen LogP contribution in [-0.4, -0.2) is 30.1 Å². The molecule has 94 valence electrons. The number of amides is 2. The molecule has 1 heterocycles. The van der Waals surface area contributed by atoms with Crippen LogP contribution in [-0.2, 0) is 9.59 Å². The highest BCUT2D eigenvalue weighted by Gasteiger charge is 2.24. The average Bonchev–Trinajstić information content (AvgIpc) is 2.71. The van der Waals surface area contributed by atoms with Crippen LogP contribution in [0.3, 0.4) is 0 Å². The van der Waals surface area contributed by atoms with Gasteiger partial charge < -0.3 is 11.1 Å². The van der Waals surface area contributed by atoms with E-state index in [1.165, 1.54) is 6.92 Å². The van der Waals surface area contributed by atoms with E-state index in [0.717, 1.165) is 11.1 Å². The molecular weight excluding hydrogens is 230 g/mol. The minimum atomic E-state index is -0.686. The van der Waals surface area contributed by atoms with Crippen molar-refractivity contribution >= 4 is 18.0 Å². The Hall–Kier alpha value is -2.17. The zero-order chi connectivity index (χ0) is 13.1. The number of hydrogen-bond donors (Lipinski definition) is 2. The van der Waals surface area contributed by atoms with Crippen molar-refractivity contribution in [2.75, 3.05) is 0 Å². The van der Waals surface area contributed by atoms with Gasteiger partial charge in [0, 0.05) is 19.6 Å². The Balaban J connectivity index is 2.15. The molecule has 2 atom stereocenters. The highest BCUT2D eigenvalue weighted by atomic mass is 16.2. The van der Waals surface area contributed by atoms with Gasteiger partial charge in [0.25, 0.3) is 0 Å². The zero-order valence-corrected chi connectivity index (χ0v) is 10.1. The number of primary amides is 1. The molecule has 1 aliphatic carbocycles. The fraction of sp³-hybridized carbons (Fsp3) is 0.308. The summed E-state index contributed by atoms with van der Waals surface area (Å²) in [5, 5.41) is 2.55. The summed E-state index contributed by atoms with van der Waals surface area (Å²) in [5.74, 6) is -0.805. The SMILES string of the molecule is CC(=O)N[C@@H](CC1=C2C=CC=CC2N=C1)C(N)=O. The number of fused-ring (bicyclic) bond motifs is 1. The summed E-state index contributed by atoms with van der Waals surface area (Å²) in [5.41, 5.74) is 7.29. The third kappa shape index (κ3) is 2.56. The molecule has 0 bridgehead atoms. The number of nitrogens with zero attached hydrogens (tertiary/aromatic N) is 1. The Kier molecular flexibility index (Phi) is 3.41. The van der Waals surface area contributed by atoms with Gasteiger partial charge in [0.2, 0.25) is 11.8 Å². The van der Waals surface area contributed by atoms with Crippen LogP contribution in [0.2, 0.25) is 0 Å². The van der Waals surface area contributed by atoms with Crippen molar-refractivity contribution in [3.8, 4) is 0 Å². The molecule has 0 aromatic rings. The number of nitrogens with two attached hydrogens (primary N) is 1. The van der Waals surface area contributed by atoms with E-state index in [9.17, 15) is 9.59 Å². The van der Waals surface area contributed by atoms with E-state index in [4.69, 9.17) is 5.73 Å². The van der Waals surface area contributed by atoms with E-state index in [-0.39, 0.29) is 11.9 Å². The third-order valence-electron chi connectivity index (χ3n) is 2.91. The maximum Gasteiger partial charge on any atom is 0.240 e. The molecular formula is C13H15N3O2. The topological polar surface area (TPSA) is 84.6 Å². The fourth-order valence-electron chi connectivity index (χ4n) is 2.06. The van der Waals surface area contributed by atoms with Crippen LogP contribution in [0.15, 0.2) is 40.4 Å². The molecule has 5 heteroatoms. The molecule has 0 aromatic heterocycles. The lowest BCUT2D eigenvalue weighted by molar-refractivity contribution is -0.126. The molecule has 18 heavy (non-hydrogen) atoms. The van der Waals surface area contributed by atoms with Gasteiger partial charge >= 0.3 is 0 Å². The van der Waals surface area contributed by atoms with Crippen LogP contribution in [0.4, 0.5) is 0 Å². The lowest BCUT2D eigenvalue weighted by Gasteiger charge is -2.15. The first-order valence-electron chi connectivity index (χ1n) is 5.75. The van der Waals surface area contributed by atoms with Crippen molar-refractivity contribution < 1.29 is 9.59 Å². The van der Waals surface area contributed by atoms with E-state index < -0.39 is 11.9 Å². The number of rotatable bonds is 4. The number of nitrogens with one attached hydrogen (secondary N) is 1. The normalized spacial score (nSPS) is 21.9. The molecule has 0 spiro atoms. The molecule has 3 N–H and O–H groups in total. The molecule has 2 aliphatic rings. The van der Waals surface area contributed by atoms with E-state index in [0.29, 0.717) is 6.42 Å². The van der Waals surface area contributed by atoms with Gasteiger partial charge in [0.1, 0.15) is 6.04 Å². The Labute approximate surface area is 105 Å². The number of carbonyl (C=O) groups is 2. The van der Waals surface area contributed by atoms with Crippen molar-refractivity contribution in [1.29, 1.82) is 0 Å². The summed E-state index contributed by atoms with van der Waals surface area (Å²) in [6.45, 7) is 1.36. The Morgan fingerprint density at radius 2 is 2.28 bits per heavy atom. The summed E-state index contributed by atoms with van der Waals surface area (Å²) >= 11 is 0. The monoisotopic (exact) mass is 245 g/mol. The quantitative estimate of drug-likeness (QED) is 0.743. The lowest BCUT2D eigenvalue weighted by Crippen LogP contribution is -2.43. The van der Waals surface area contributed by atoms with Crippen molar-refractivity contribution in [3.63, 3.8) is 0 Å². The van der Waals surface area contributed by atoms with Crippen LogP contribution in [0.5, 0.6) is 0 Å². The van der Waals surface area contributed by atoms with E-state index >= 15 is 0 Å². The highest BCUT2D eigenvalue weighted by Crippen LogP contribution is 2.26. The van der Waals surface area contributed by atoms with Crippen molar-refractivity contribution in [3.05, 3.63) is 35.5 Å². The largest absolute Gasteiger partial charge is 0.368 e. The molecule has 0 aromatic carbocycles. The van der Waals surface area contributed by atoms with Crippen LogP contribution >= 0.6 is 0 Å². The summed E-state index contributed by atoms with van der Waals surface area (Å²) in [6, 6.07) is -0.648. The molecule has 0 saturated carbocycles. The average molecular weight is 245 g/mol. The van der Waals surface area contributed by atoms with Crippen LogP contribution in [0.25, 0.3) is 0 Å². The first kappa shape index (κ1) is 12.3. The maximum atomic E-state index is 11.3. The van der Waals surface area contributed by atoms with Gasteiger partial charge in [0.15, 0.2) is 0 Å². The molecule has 1 unspecified atom stereocenters. The van der Waals surface area contributed by atoms with Gasteiger partial charge in [0.05, 0.1) is 6.04 Å². The number of allylic oxidation sites excluding steroid dienone is 2. The summed E-state index contributed by atoms with van der Waals surface area (Å²) < 4.78 is 0. The minimum Gasteiger partial charge on any atom is -0.368 e. The Morgan fingerprint density at radius 3 is 2.94 bits per heavy atom. The van der Waals surface area contributed by atoms with Gasteiger partial charge in [-0.2, -0.15) is 0 Å². The molecule has 2 amide bonds. The molecule has 0 radical (unpaired) electrons. The second kappa shape index (κ2) is 5.00. The summed E-state index contributed by atoms with van der Waals surface area (Å²) in [6.07, 6.45) is 9.95. The number of aliphatic imine (C=N–C) groups is 1. The first-order valence-corrected chi connectivity index (χ1v) is 5.75. The molecule has 5 nitrogen and oxygen atoms in total. The predicted molar refractivity (Wildman–Crippen MR) is 69.0 cm³/mol. The van der Waals surface area contributed by atoms with Crippen molar-refractivity contribution in [1.82, 2.24) is 5.32 Å². The molecule has 2 rings (SSSR count). The third-order valence-corrected chi connectivity index (χ3v) is 2.91. The van der Waals surface area contributed by atoms with E-state index in [1.54, 1.807) is 6.21 Å². The molecule has 0 fully saturated rings. The van der Waals surface area contributed by atoms with Gasteiger partial charge in [-0.25, -0.2) is 0 Å². The van der Waals surface area contributed by atoms with Crippen LogP contribution in [0, 0.1) is 0 Å². The van der Waals surface area contributed by atoms with Gasteiger partial charge in [-0.1, -0.05) is 24.3 Å². The first-order chi connectivity index (χ1) is 8.58. The number of hydrogen-bond acceptors (Lipinski definition) is 3. The maximum absolute atomic E-state index is 11.3. The predicted octanol–water partition coefficient (Wildman–Crippen LogP) is 0.242. The second-order valence-corrected chi connectivity index (χ2v) is 4.31. The standard InChI is InChI=1S/C13H15N3O2/c1-8(17)16-12(13(14)18)6-9-7-15-11-5-3-2-4-10(9)11/h2-5,7,11-12H,6H2,1H3,(H2,14,18)(H,16,17)/t11?,12-/m0/s1. The van der Waals surface area contributed by atoms with Gasteiger partial charge in [-0.3, -0.25) is 14.6 Å². The summed E-state index contributed by atoms with van der Waals surface area (Å²) in [4.78, 5) is 26.6.